The summed E-state index contributed by atoms with van der Waals surface area (Å²) >= 11 is 0. The normalized spacial score (nSPS) is 20.0. The molecular weight excluding hydrogens is 222 g/mol. The minimum absolute atomic E-state index is 0.248. The summed E-state index contributed by atoms with van der Waals surface area (Å²) in [7, 11) is 2.50. The van der Waals surface area contributed by atoms with Crippen LogP contribution in [0, 0.1) is 0 Å². The fourth-order valence-electron chi connectivity index (χ4n) is 2.33. The first-order chi connectivity index (χ1) is 7.74. The first-order valence-corrected chi connectivity index (χ1v) is 7.58. The molecule has 1 rings (SSSR count). The van der Waals surface area contributed by atoms with E-state index in [-0.39, 0.29) is 5.67 Å². The van der Waals surface area contributed by atoms with Crippen LogP contribution in [0.15, 0.2) is 12.2 Å². The molecular formula is C11H23NO3Si. The highest BCUT2D eigenvalue weighted by Gasteiger charge is 2.49. The van der Waals surface area contributed by atoms with Crippen molar-refractivity contribution in [3.05, 3.63) is 12.2 Å². The molecule has 0 amide bonds. The smallest absolute Gasteiger partial charge is 0.376 e. The Balaban J connectivity index is 2.80. The molecule has 0 spiro atoms. The molecule has 0 aromatic carbocycles. The lowest BCUT2D eigenvalue weighted by Crippen LogP contribution is -2.61. The topological polar surface area (TPSA) is 30.9 Å². The molecule has 1 aliphatic rings. The number of rotatable bonds is 6. The first-order valence-electron chi connectivity index (χ1n) is 5.78. The van der Waals surface area contributed by atoms with Gasteiger partial charge in [0.1, 0.15) is 0 Å². The molecule has 1 heterocycles. The van der Waals surface area contributed by atoms with Gasteiger partial charge < -0.3 is 13.3 Å². The van der Waals surface area contributed by atoms with E-state index in [9.17, 15) is 0 Å². The highest BCUT2D eigenvalue weighted by Crippen LogP contribution is 2.22. The van der Waals surface area contributed by atoms with E-state index >= 15 is 0 Å². The van der Waals surface area contributed by atoms with Crippen molar-refractivity contribution >= 4 is 8.80 Å². The Morgan fingerprint density at radius 1 is 1.19 bits per heavy atom. The summed E-state index contributed by atoms with van der Waals surface area (Å²) in [6.07, 6.45) is 6.50. The first kappa shape index (κ1) is 13.9. The molecule has 0 bridgehead atoms. The summed E-state index contributed by atoms with van der Waals surface area (Å²) < 4.78 is 16.7. The number of nitrogens with zero attached hydrogens (tertiary/aromatic N) is 1. The summed E-state index contributed by atoms with van der Waals surface area (Å²) in [5, 5.41) is 0. The van der Waals surface area contributed by atoms with Crippen LogP contribution in [0.3, 0.4) is 0 Å². The van der Waals surface area contributed by atoms with Gasteiger partial charge in [0.05, 0.1) is 5.67 Å². The monoisotopic (exact) mass is 245 g/mol. The van der Waals surface area contributed by atoms with Gasteiger partial charge in [-0.25, -0.2) is 0 Å². The molecule has 0 aliphatic carbocycles. The van der Waals surface area contributed by atoms with E-state index in [0.717, 1.165) is 25.9 Å². The number of hydrogen-bond donors (Lipinski definition) is 0. The van der Waals surface area contributed by atoms with Crippen LogP contribution in [0.2, 0.25) is 0 Å². The fraction of sp³-hybridized carbons (Fsp3) is 0.818. The van der Waals surface area contributed by atoms with Gasteiger partial charge in [-0.3, -0.25) is 4.90 Å². The Labute approximate surface area is 99.5 Å². The predicted octanol–water partition coefficient (Wildman–Crippen LogP) is 1.44. The van der Waals surface area contributed by atoms with Crippen molar-refractivity contribution in [3.8, 4) is 0 Å². The van der Waals surface area contributed by atoms with Gasteiger partial charge in [0.15, 0.2) is 0 Å². The van der Waals surface area contributed by atoms with E-state index in [1.807, 2.05) is 0 Å². The van der Waals surface area contributed by atoms with Crippen LogP contribution < -0.4 is 0 Å². The third-order valence-corrected chi connectivity index (χ3v) is 6.48. The van der Waals surface area contributed by atoms with Crippen LogP contribution in [-0.2, 0) is 13.3 Å². The quantitative estimate of drug-likeness (QED) is 0.523. The van der Waals surface area contributed by atoms with Crippen molar-refractivity contribution in [1.82, 2.24) is 4.90 Å². The minimum atomic E-state index is -2.54. The molecule has 0 saturated carbocycles. The third-order valence-electron chi connectivity index (χ3n) is 3.18. The van der Waals surface area contributed by atoms with Crippen molar-refractivity contribution in [1.29, 1.82) is 0 Å². The van der Waals surface area contributed by atoms with Crippen molar-refractivity contribution in [2.24, 2.45) is 0 Å². The molecule has 0 aromatic rings. The second-order valence-electron chi connectivity index (χ2n) is 3.89. The maximum Gasteiger partial charge on any atom is 0.518 e. The molecule has 0 fully saturated rings. The zero-order valence-electron chi connectivity index (χ0n) is 10.7. The molecule has 1 unspecified atom stereocenters. The van der Waals surface area contributed by atoms with E-state index < -0.39 is 8.80 Å². The van der Waals surface area contributed by atoms with Gasteiger partial charge in [-0.15, -0.1) is 0 Å². The summed E-state index contributed by atoms with van der Waals surface area (Å²) in [4.78, 5) is 2.39. The molecule has 1 aliphatic heterocycles. The highest BCUT2D eigenvalue weighted by molar-refractivity contribution is 6.62. The van der Waals surface area contributed by atoms with E-state index in [2.05, 4.69) is 24.0 Å². The van der Waals surface area contributed by atoms with Crippen molar-refractivity contribution in [3.63, 3.8) is 0 Å². The molecule has 16 heavy (non-hydrogen) atoms. The summed E-state index contributed by atoms with van der Waals surface area (Å²) in [5.41, 5.74) is 0.248. The van der Waals surface area contributed by atoms with E-state index in [1.54, 1.807) is 21.3 Å². The van der Waals surface area contributed by atoms with Crippen molar-refractivity contribution in [2.75, 3.05) is 34.4 Å². The van der Waals surface area contributed by atoms with Crippen LogP contribution in [0.4, 0.5) is 0 Å². The zero-order chi connectivity index (χ0) is 12.0. The predicted molar refractivity (Wildman–Crippen MR) is 66.2 cm³/mol. The van der Waals surface area contributed by atoms with Gasteiger partial charge in [0.2, 0.25) is 0 Å². The average Bonchev–Trinajstić information content (AvgIpc) is 2.37. The molecule has 0 radical (unpaired) electrons. The molecule has 0 N–H and O–H groups in total. The van der Waals surface area contributed by atoms with Crippen molar-refractivity contribution in [2.45, 2.75) is 25.4 Å². The van der Waals surface area contributed by atoms with Gasteiger partial charge in [-0.05, 0) is 12.8 Å². The minimum Gasteiger partial charge on any atom is -0.376 e. The third kappa shape index (κ3) is 2.72. The molecule has 0 aromatic heterocycles. The summed E-state index contributed by atoms with van der Waals surface area (Å²) in [5.74, 6) is 0. The van der Waals surface area contributed by atoms with Gasteiger partial charge in [-0.1, -0.05) is 19.1 Å². The van der Waals surface area contributed by atoms with Crippen LogP contribution >= 0.6 is 0 Å². The Morgan fingerprint density at radius 3 is 2.19 bits per heavy atom. The van der Waals surface area contributed by atoms with Crippen LogP contribution in [-0.4, -0.2) is 53.8 Å². The Morgan fingerprint density at radius 2 is 1.81 bits per heavy atom. The van der Waals surface area contributed by atoms with Crippen LogP contribution in [0.25, 0.3) is 0 Å². The maximum absolute atomic E-state index is 5.57. The largest absolute Gasteiger partial charge is 0.518 e. The van der Waals surface area contributed by atoms with E-state index in [4.69, 9.17) is 13.3 Å². The second-order valence-corrected chi connectivity index (χ2v) is 6.99. The molecule has 5 heteroatoms. The lowest BCUT2D eigenvalue weighted by molar-refractivity contribution is 0.0752. The lowest BCUT2D eigenvalue weighted by Gasteiger charge is -2.39. The Bertz CT molecular complexity index is 223. The van der Waals surface area contributed by atoms with Gasteiger partial charge in [-0.2, -0.15) is 0 Å². The molecule has 0 saturated heterocycles. The molecule has 4 nitrogen and oxygen atoms in total. The highest BCUT2D eigenvalue weighted by atomic mass is 28.4. The maximum atomic E-state index is 5.57. The summed E-state index contributed by atoms with van der Waals surface area (Å²) in [6, 6.07) is 0. The lowest BCUT2D eigenvalue weighted by atomic mass is 10.2. The Kier molecular flexibility index (Phi) is 5.64. The molecule has 94 valence electrons. The number of hydrogen-bond acceptors (Lipinski definition) is 4. The van der Waals surface area contributed by atoms with E-state index in [1.165, 1.54) is 0 Å². The van der Waals surface area contributed by atoms with Crippen molar-refractivity contribution < 1.29 is 13.3 Å². The SMILES string of the molecule is CCC(N1CC=CCC1)[Si](OC)(OC)OC. The van der Waals surface area contributed by atoms with Crippen LogP contribution in [0.5, 0.6) is 0 Å². The molecule has 1 atom stereocenters. The standard InChI is InChI=1S/C11H23NO3Si/c1-5-11(12-9-7-6-8-10-12)16(13-2,14-3)15-4/h6-7,11H,5,8-10H2,1-4H3. The van der Waals surface area contributed by atoms with Gasteiger partial charge >= 0.3 is 8.80 Å². The van der Waals surface area contributed by atoms with Crippen LogP contribution in [0.1, 0.15) is 19.8 Å². The zero-order valence-corrected chi connectivity index (χ0v) is 11.7. The van der Waals surface area contributed by atoms with E-state index in [0.29, 0.717) is 0 Å². The Hall–Kier alpha value is -0.203. The van der Waals surface area contributed by atoms with Gasteiger partial charge in [0, 0.05) is 34.4 Å². The summed E-state index contributed by atoms with van der Waals surface area (Å²) in [6.45, 7) is 4.17. The average molecular weight is 245 g/mol. The fourth-order valence-corrected chi connectivity index (χ4v) is 4.83. The van der Waals surface area contributed by atoms with Gasteiger partial charge in [0.25, 0.3) is 0 Å². The second kappa shape index (κ2) is 6.51.